The van der Waals surface area contributed by atoms with Crippen molar-refractivity contribution in [1.82, 2.24) is 4.90 Å². The number of benzene rings is 1. The van der Waals surface area contributed by atoms with E-state index in [-0.39, 0.29) is 5.41 Å². The third-order valence-electron chi connectivity index (χ3n) is 3.61. The van der Waals surface area contributed by atoms with Gasteiger partial charge in [-0.25, -0.2) is 0 Å². The van der Waals surface area contributed by atoms with Gasteiger partial charge in [0, 0.05) is 18.7 Å². The van der Waals surface area contributed by atoms with Gasteiger partial charge in [0.25, 0.3) is 0 Å². The number of rotatable bonds is 6. The van der Waals surface area contributed by atoms with Crippen molar-refractivity contribution in [2.45, 2.75) is 27.3 Å². The largest absolute Gasteiger partial charge is 0.496 e. The third kappa shape index (κ3) is 5.07. The first-order valence-electron chi connectivity index (χ1n) is 6.79. The van der Waals surface area contributed by atoms with Crippen LogP contribution in [0.25, 0.3) is 0 Å². The fraction of sp³-hybridized carbons (Fsp3) is 0.625. The summed E-state index contributed by atoms with van der Waals surface area (Å²) in [6.07, 6.45) is 0. The van der Waals surface area contributed by atoms with Crippen LogP contribution in [0.15, 0.2) is 24.3 Å². The Hall–Kier alpha value is -0.670. The van der Waals surface area contributed by atoms with Crippen molar-refractivity contribution in [2.24, 2.45) is 11.3 Å². The van der Waals surface area contributed by atoms with Gasteiger partial charge in [0.2, 0.25) is 0 Å². The molecule has 2 nitrogen and oxygen atoms in total. The van der Waals surface area contributed by atoms with Crippen LogP contribution in [-0.2, 0) is 6.54 Å². The average molecular weight is 281 g/mol. The predicted molar refractivity (Wildman–Crippen MR) is 86.1 cm³/mol. The quantitative estimate of drug-likeness (QED) is 0.798. The van der Waals surface area contributed by atoms with Crippen molar-refractivity contribution >= 4 is 12.6 Å². The molecule has 0 bridgehead atoms. The molecular formula is C16H27NOS. The van der Waals surface area contributed by atoms with Gasteiger partial charge in [0.05, 0.1) is 7.11 Å². The molecule has 0 aliphatic carbocycles. The third-order valence-corrected chi connectivity index (χ3v) is 4.05. The highest BCUT2D eigenvalue weighted by Gasteiger charge is 2.24. The molecule has 1 aromatic rings. The minimum absolute atomic E-state index is 0.288. The van der Waals surface area contributed by atoms with E-state index in [4.69, 9.17) is 4.74 Å². The zero-order valence-electron chi connectivity index (χ0n) is 12.8. The number of methoxy groups -OCH3 is 1. The van der Waals surface area contributed by atoms with Gasteiger partial charge in [-0.2, -0.15) is 12.6 Å². The van der Waals surface area contributed by atoms with Crippen LogP contribution in [0.4, 0.5) is 0 Å². The van der Waals surface area contributed by atoms with Gasteiger partial charge in [0.1, 0.15) is 5.75 Å². The highest BCUT2D eigenvalue weighted by atomic mass is 32.1. The van der Waals surface area contributed by atoms with Crippen LogP contribution in [0.5, 0.6) is 5.75 Å². The molecule has 0 aliphatic rings. The minimum atomic E-state index is 0.288. The van der Waals surface area contributed by atoms with Crippen LogP contribution >= 0.6 is 12.6 Å². The van der Waals surface area contributed by atoms with Crippen LogP contribution < -0.4 is 4.74 Å². The summed E-state index contributed by atoms with van der Waals surface area (Å²) in [6.45, 7) is 8.80. The lowest BCUT2D eigenvalue weighted by atomic mass is 9.81. The summed E-state index contributed by atoms with van der Waals surface area (Å²) < 4.78 is 5.40. The average Bonchev–Trinajstić information content (AvgIpc) is 2.35. The van der Waals surface area contributed by atoms with Gasteiger partial charge in [-0.15, -0.1) is 0 Å². The summed E-state index contributed by atoms with van der Waals surface area (Å²) in [7, 11) is 3.89. The number of nitrogens with zero attached hydrogens (tertiary/aromatic N) is 1. The first-order chi connectivity index (χ1) is 8.88. The van der Waals surface area contributed by atoms with Crippen LogP contribution in [0.1, 0.15) is 26.3 Å². The first-order valence-corrected chi connectivity index (χ1v) is 7.43. The maximum atomic E-state index is 5.40. The van der Waals surface area contributed by atoms with Crippen molar-refractivity contribution in [3.05, 3.63) is 29.8 Å². The molecule has 1 rings (SSSR count). The molecule has 0 aliphatic heterocycles. The Labute approximate surface area is 123 Å². The van der Waals surface area contributed by atoms with Crippen LogP contribution in [0.2, 0.25) is 0 Å². The Morgan fingerprint density at radius 3 is 2.42 bits per heavy atom. The summed E-state index contributed by atoms with van der Waals surface area (Å²) in [5.41, 5.74) is 1.52. The molecule has 0 N–H and O–H groups in total. The highest BCUT2D eigenvalue weighted by molar-refractivity contribution is 7.80. The van der Waals surface area contributed by atoms with Crippen molar-refractivity contribution in [2.75, 3.05) is 26.5 Å². The fourth-order valence-electron chi connectivity index (χ4n) is 2.17. The lowest BCUT2D eigenvalue weighted by Crippen LogP contribution is -2.34. The molecule has 1 aromatic carbocycles. The van der Waals surface area contributed by atoms with Gasteiger partial charge >= 0.3 is 0 Å². The second kappa shape index (κ2) is 7.20. The van der Waals surface area contributed by atoms with Crippen molar-refractivity contribution < 1.29 is 4.74 Å². The first kappa shape index (κ1) is 16.4. The van der Waals surface area contributed by atoms with E-state index in [2.05, 4.69) is 57.5 Å². The molecule has 0 amide bonds. The molecule has 0 aromatic heterocycles. The molecule has 108 valence electrons. The van der Waals surface area contributed by atoms with E-state index in [0.29, 0.717) is 5.92 Å². The van der Waals surface area contributed by atoms with E-state index in [1.807, 2.05) is 12.1 Å². The van der Waals surface area contributed by atoms with Gasteiger partial charge in [-0.1, -0.05) is 39.0 Å². The maximum Gasteiger partial charge on any atom is 0.123 e. The summed E-state index contributed by atoms with van der Waals surface area (Å²) in [4.78, 5) is 2.35. The topological polar surface area (TPSA) is 12.5 Å². The van der Waals surface area contributed by atoms with E-state index in [1.54, 1.807) is 7.11 Å². The van der Waals surface area contributed by atoms with Crippen molar-refractivity contribution in [3.8, 4) is 5.75 Å². The molecule has 0 fully saturated rings. The molecule has 1 unspecified atom stereocenters. The number of hydrogen-bond donors (Lipinski definition) is 1. The van der Waals surface area contributed by atoms with Crippen LogP contribution in [0, 0.1) is 11.3 Å². The second-order valence-corrected chi connectivity index (χ2v) is 6.62. The van der Waals surface area contributed by atoms with E-state index < -0.39 is 0 Å². The zero-order valence-corrected chi connectivity index (χ0v) is 13.7. The SMILES string of the molecule is COc1ccccc1CN(C)CC(CS)C(C)(C)C. The molecule has 19 heavy (non-hydrogen) atoms. The summed E-state index contributed by atoms with van der Waals surface area (Å²) in [5.74, 6) is 2.46. The summed E-state index contributed by atoms with van der Waals surface area (Å²) in [6, 6.07) is 8.21. The maximum absolute atomic E-state index is 5.40. The van der Waals surface area contributed by atoms with Crippen LogP contribution in [-0.4, -0.2) is 31.4 Å². The monoisotopic (exact) mass is 281 g/mol. The molecule has 0 heterocycles. The van der Waals surface area contributed by atoms with E-state index in [1.165, 1.54) is 5.56 Å². The van der Waals surface area contributed by atoms with E-state index >= 15 is 0 Å². The highest BCUT2D eigenvalue weighted by Crippen LogP contribution is 2.28. The summed E-state index contributed by atoms with van der Waals surface area (Å²) in [5, 5.41) is 0. The Balaban J connectivity index is 2.67. The molecule has 0 radical (unpaired) electrons. The number of ether oxygens (including phenoxy) is 1. The smallest absolute Gasteiger partial charge is 0.123 e. The summed E-state index contributed by atoms with van der Waals surface area (Å²) >= 11 is 4.50. The van der Waals surface area contributed by atoms with Gasteiger partial charge < -0.3 is 9.64 Å². The van der Waals surface area contributed by atoms with E-state index in [0.717, 1.165) is 24.6 Å². The van der Waals surface area contributed by atoms with Crippen molar-refractivity contribution in [1.29, 1.82) is 0 Å². The Morgan fingerprint density at radius 2 is 1.89 bits per heavy atom. The predicted octanol–water partition coefficient (Wildman–Crippen LogP) is 3.72. The normalized spacial score (nSPS) is 13.6. The van der Waals surface area contributed by atoms with Gasteiger partial charge in [-0.3, -0.25) is 0 Å². The number of para-hydroxylation sites is 1. The lowest BCUT2D eigenvalue weighted by Gasteiger charge is -2.33. The van der Waals surface area contributed by atoms with Crippen LogP contribution in [0.3, 0.4) is 0 Å². The Bertz CT molecular complexity index is 387. The minimum Gasteiger partial charge on any atom is -0.496 e. The molecule has 3 heteroatoms. The van der Waals surface area contributed by atoms with Gasteiger partial charge in [0.15, 0.2) is 0 Å². The molecule has 1 atom stereocenters. The number of thiol groups is 1. The lowest BCUT2D eigenvalue weighted by molar-refractivity contribution is 0.182. The van der Waals surface area contributed by atoms with Gasteiger partial charge in [-0.05, 0) is 30.2 Å². The molecule has 0 spiro atoms. The van der Waals surface area contributed by atoms with Crippen molar-refractivity contribution in [3.63, 3.8) is 0 Å². The second-order valence-electron chi connectivity index (χ2n) is 6.25. The Kier molecular flexibility index (Phi) is 6.21. The fourth-order valence-corrected chi connectivity index (χ4v) is 2.83. The molecular weight excluding hydrogens is 254 g/mol. The number of hydrogen-bond acceptors (Lipinski definition) is 3. The standard InChI is InChI=1S/C16H27NOS/c1-16(2,3)14(12-19)11-17(4)10-13-8-6-7-9-15(13)18-5/h6-9,14,19H,10-12H2,1-5H3. The Morgan fingerprint density at radius 1 is 1.26 bits per heavy atom. The zero-order chi connectivity index (χ0) is 14.5. The van der Waals surface area contributed by atoms with E-state index in [9.17, 15) is 0 Å². The molecule has 0 saturated carbocycles. The molecule has 0 saturated heterocycles.